The second-order valence-corrected chi connectivity index (χ2v) is 7.81. The minimum atomic E-state index is -1.07. The molecular formula is C24H30N2O3. The Balaban J connectivity index is 1.98. The summed E-state index contributed by atoms with van der Waals surface area (Å²) < 4.78 is 6.16. The zero-order valence-electron chi connectivity index (χ0n) is 17.6. The van der Waals surface area contributed by atoms with Crippen molar-refractivity contribution >= 4 is 11.8 Å². The van der Waals surface area contributed by atoms with Crippen LogP contribution >= 0.6 is 0 Å². The molecule has 29 heavy (non-hydrogen) atoms. The first-order chi connectivity index (χ1) is 14.0. The summed E-state index contributed by atoms with van der Waals surface area (Å²) in [4.78, 5) is 29.2. The van der Waals surface area contributed by atoms with Crippen LogP contribution in [0.5, 0.6) is 0 Å². The van der Waals surface area contributed by atoms with Crippen LogP contribution in [0, 0.1) is 0 Å². The highest BCUT2D eigenvalue weighted by molar-refractivity contribution is 5.87. The van der Waals surface area contributed by atoms with E-state index in [0.29, 0.717) is 26.0 Å². The third-order valence-electron chi connectivity index (χ3n) is 5.38. The van der Waals surface area contributed by atoms with Crippen LogP contribution in [0.25, 0.3) is 11.1 Å². The maximum absolute atomic E-state index is 13.3. The highest BCUT2D eigenvalue weighted by Gasteiger charge is 2.46. The molecule has 5 nitrogen and oxygen atoms in total. The smallest absolute Gasteiger partial charge is 0.256 e. The van der Waals surface area contributed by atoms with Crippen LogP contribution in [0.3, 0.4) is 0 Å². The SMILES string of the molecule is CCCC(=O)N1CCO[C@@](Cc2ccccc2-c2ccccc2)(C(=O)N(C)C)C1. The molecule has 0 radical (unpaired) electrons. The van der Waals surface area contributed by atoms with E-state index in [1.165, 1.54) is 0 Å². The molecule has 1 aliphatic heterocycles. The lowest BCUT2D eigenvalue weighted by Crippen LogP contribution is -2.61. The molecule has 0 spiro atoms. The normalized spacial score (nSPS) is 19.1. The van der Waals surface area contributed by atoms with Crippen molar-refractivity contribution in [2.45, 2.75) is 31.8 Å². The van der Waals surface area contributed by atoms with Crippen LogP contribution in [0.15, 0.2) is 54.6 Å². The number of morpholine rings is 1. The molecule has 1 heterocycles. The van der Waals surface area contributed by atoms with Crippen LogP contribution < -0.4 is 0 Å². The second-order valence-electron chi connectivity index (χ2n) is 7.81. The Bertz CT molecular complexity index is 850. The van der Waals surface area contributed by atoms with Crippen molar-refractivity contribution in [3.8, 4) is 11.1 Å². The van der Waals surface area contributed by atoms with E-state index in [2.05, 4.69) is 18.2 Å². The van der Waals surface area contributed by atoms with E-state index < -0.39 is 5.60 Å². The van der Waals surface area contributed by atoms with Crippen molar-refractivity contribution in [2.75, 3.05) is 33.8 Å². The van der Waals surface area contributed by atoms with Gasteiger partial charge in [-0.25, -0.2) is 0 Å². The van der Waals surface area contributed by atoms with Crippen LogP contribution in [0.4, 0.5) is 0 Å². The highest BCUT2D eigenvalue weighted by Crippen LogP contribution is 2.31. The molecule has 2 aromatic carbocycles. The first-order valence-corrected chi connectivity index (χ1v) is 10.2. The zero-order valence-corrected chi connectivity index (χ0v) is 17.6. The maximum atomic E-state index is 13.3. The number of benzene rings is 2. The van der Waals surface area contributed by atoms with E-state index in [9.17, 15) is 9.59 Å². The Morgan fingerprint density at radius 3 is 2.45 bits per heavy atom. The Kier molecular flexibility index (Phi) is 6.70. The van der Waals surface area contributed by atoms with Crippen molar-refractivity contribution in [3.05, 3.63) is 60.2 Å². The van der Waals surface area contributed by atoms with Crippen LogP contribution in [0.1, 0.15) is 25.3 Å². The van der Waals surface area contributed by atoms with Gasteiger partial charge >= 0.3 is 0 Å². The lowest BCUT2D eigenvalue weighted by atomic mass is 9.87. The molecule has 5 heteroatoms. The van der Waals surface area contributed by atoms with Gasteiger partial charge in [0.25, 0.3) is 5.91 Å². The molecule has 1 fully saturated rings. The number of likely N-dealkylation sites (N-methyl/N-ethyl adjacent to an activating group) is 1. The largest absolute Gasteiger partial charge is 0.361 e. The molecule has 0 bridgehead atoms. The number of amides is 2. The van der Waals surface area contributed by atoms with Crippen molar-refractivity contribution in [2.24, 2.45) is 0 Å². The molecule has 0 saturated carbocycles. The van der Waals surface area contributed by atoms with E-state index >= 15 is 0 Å². The van der Waals surface area contributed by atoms with Gasteiger partial charge in [0.15, 0.2) is 5.60 Å². The fourth-order valence-corrected chi connectivity index (χ4v) is 3.97. The third kappa shape index (κ3) is 4.67. The molecule has 2 aromatic rings. The van der Waals surface area contributed by atoms with E-state index in [0.717, 1.165) is 23.1 Å². The average molecular weight is 395 g/mol. The van der Waals surface area contributed by atoms with Gasteiger partial charge in [0.1, 0.15) is 0 Å². The van der Waals surface area contributed by atoms with Gasteiger partial charge < -0.3 is 14.5 Å². The summed E-state index contributed by atoms with van der Waals surface area (Å²) in [7, 11) is 3.48. The van der Waals surface area contributed by atoms with Crippen molar-refractivity contribution < 1.29 is 14.3 Å². The Labute approximate surface area is 173 Å². The second kappa shape index (κ2) is 9.23. The summed E-state index contributed by atoms with van der Waals surface area (Å²) in [6.07, 6.45) is 1.71. The fraction of sp³-hybridized carbons (Fsp3) is 0.417. The molecule has 1 aliphatic rings. The first kappa shape index (κ1) is 21.1. The van der Waals surface area contributed by atoms with Gasteiger partial charge in [0.05, 0.1) is 13.2 Å². The van der Waals surface area contributed by atoms with Gasteiger partial charge in [-0.15, -0.1) is 0 Å². The molecular weight excluding hydrogens is 364 g/mol. The summed E-state index contributed by atoms with van der Waals surface area (Å²) in [5.41, 5.74) is 2.15. The molecule has 3 rings (SSSR count). The lowest BCUT2D eigenvalue weighted by Gasteiger charge is -2.43. The lowest BCUT2D eigenvalue weighted by molar-refractivity contribution is -0.172. The maximum Gasteiger partial charge on any atom is 0.256 e. The predicted molar refractivity (Wildman–Crippen MR) is 114 cm³/mol. The monoisotopic (exact) mass is 394 g/mol. The summed E-state index contributed by atoms with van der Waals surface area (Å²) in [6, 6.07) is 18.2. The molecule has 0 N–H and O–H groups in total. The van der Waals surface area contributed by atoms with Gasteiger partial charge in [-0.05, 0) is 23.1 Å². The van der Waals surface area contributed by atoms with E-state index in [1.54, 1.807) is 23.9 Å². The third-order valence-corrected chi connectivity index (χ3v) is 5.38. The number of hydrogen-bond donors (Lipinski definition) is 0. The topological polar surface area (TPSA) is 49.9 Å². The molecule has 0 unspecified atom stereocenters. The number of ether oxygens (including phenoxy) is 1. The number of carbonyl (C=O) groups excluding carboxylic acids is 2. The van der Waals surface area contributed by atoms with E-state index in [4.69, 9.17) is 4.74 Å². The first-order valence-electron chi connectivity index (χ1n) is 10.2. The molecule has 154 valence electrons. The van der Waals surface area contributed by atoms with E-state index in [-0.39, 0.29) is 18.4 Å². The molecule has 0 aliphatic carbocycles. The van der Waals surface area contributed by atoms with Gasteiger partial charge in [-0.2, -0.15) is 0 Å². The fourth-order valence-electron chi connectivity index (χ4n) is 3.97. The van der Waals surface area contributed by atoms with Crippen LogP contribution in [0.2, 0.25) is 0 Å². The minimum absolute atomic E-state index is 0.0862. The van der Waals surface area contributed by atoms with Crippen molar-refractivity contribution in [3.63, 3.8) is 0 Å². The molecule has 1 atom stereocenters. The zero-order chi connectivity index (χ0) is 20.9. The van der Waals surface area contributed by atoms with Gasteiger partial charge in [-0.1, -0.05) is 61.5 Å². The van der Waals surface area contributed by atoms with Gasteiger partial charge in [0, 0.05) is 33.5 Å². The Morgan fingerprint density at radius 1 is 1.07 bits per heavy atom. The van der Waals surface area contributed by atoms with E-state index in [1.807, 2.05) is 43.3 Å². The van der Waals surface area contributed by atoms with Crippen molar-refractivity contribution in [1.29, 1.82) is 0 Å². The molecule has 0 aromatic heterocycles. The quantitative estimate of drug-likeness (QED) is 0.755. The van der Waals surface area contributed by atoms with Crippen LogP contribution in [-0.2, 0) is 20.7 Å². The number of nitrogens with zero attached hydrogens (tertiary/aromatic N) is 2. The number of rotatable bonds is 6. The Morgan fingerprint density at radius 2 is 1.76 bits per heavy atom. The summed E-state index contributed by atoms with van der Waals surface area (Å²) in [5, 5.41) is 0. The van der Waals surface area contributed by atoms with Crippen LogP contribution in [-0.4, -0.2) is 61.0 Å². The average Bonchev–Trinajstić information content (AvgIpc) is 2.74. The number of hydrogen-bond acceptors (Lipinski definition) is 3. The molecule has 1 saturated heterocycles. The highest BCUT2D eigenvalue weighted by atomic mass is 16.5. The summed E-state index contributed by atoms with van der Waals surface area (Å²) >= 11 is 0. The standard InChI is InChI=1S/C24H30N2O3/c1-4-10-22(27)26-15-16-29-24(18-26,23(28)25(2)3)17-20-13-8-9-14-21(20)19-11-6-5-7-12-19/h5-9,11-14H,4,10,15-18H2,1-3H3/t24-/m1/s1. The summed E-state index contributed by atoms with van der Waals surface area (Å²) in [6.45, 7) is 3.17. The van der Waals surface area contributed by atoms with Crippen molar-refractivity contribution in [1.82, 2.24) is 9.80 Å². The van der Waals surface area contributed by atoms with Gasteiger partial charge in [-0.3, -0.25) is 9.59 Å². The Hall–Kier alpha value is -2.66. The predicted octanol–water partition coefficient (Wildman–Crippen LogP) is 3.38. The molecule has 2 amide bonds. The van der Waals surface area contributed by atoms with Gasteiger partial charge in [0.2, 0.25) is 5.91 Å². The minimum Gasteiger partial charge on any atom is -0.361 e. The number of carbonyl (C=O) groups is 2. The summed E-state index contributed by atoms with van der Waals surface area (Å²) in [5.74, 6) is -0.0163.